The van der Waals surface area contributed by atoms with Crippen molar-refractivity contribution in [2.75, 3.05) is 10.1 Å². The summed E-state index contributed by atoms with van der Waals surface area (Å²) in [6, 6.07) is 6.06. The van der Waals surface area contributed by atoms with Gasteiger partial charge >= 0.3 is 0 Å². The van der Waals surface area contributed by atoms with Gasteiger partial charge in [-0.05, 0) is 34.1 Å². The fraction of sp³-hybridized carbons (Fsp3) is 0. The minimum absolute atomic E-state index is 0.0885. The van der Waals surface area contributed by atoms with Gasteiger partial charge in [0.05, 0.1) is 20.2 Å². The van der Waals surface area contributed by atoms with E-state index in [0.717, 1.165) is 6.20 Å². The molecule has 0 saturated heterocycles. The zero-order valence-corrected chi connectivity index (χ0v) is 14.2. The molecule has 0 saturated carbocycles. The lowest BCUT2D eigenvalue weighted by atomic mass is 10.3. The number of nitrogen functional groups attached to an aromatic ring is 1. The van der Waals surface area contributed by atoms with Crippen molar-refractivity contribution < 1.29 is 8.42 Å². The van der Waals surface area contributed by atoms with E-state index >= 15 is 0 Å². The van der Waals surface area contributed by atoms with Gasteiger partial charge < -0.3 is 5.43 Å². The molecule has 112 valence electrons. The molecular weight excluding hydrogens is 403 g/mol. The van der Waals surface area contributed by atoms with Gasteiger partial charge in [-0.2, -0.15) is 0 Å². The van der Waals surface area contributed by atoms with Crippen LogP contribution in [0.5, 0.6) is 0 Å². The maximum Gasteiger partial charge on any atom is 0.263 e. The standard InChI is InChI=1S/C11H9BrCl2N4O2S/c12-10-7(13)2-1-3-9(10)18-21(19,20)6-4-8(14)11(17-15)16-5-6/h1-5,18H,15H2,(H,16,17). The first kappa shape index (κ1) is 16.3. The van der Waals surface area contributed by atoms with Crippen molar-refractivity contribution in [3.05, 3.63) is 45.0 Å². The summed E-state index contributed by atoms with van der Waals surface area (Å²) in [5.41, 5.74) is 2.56. The van der Waals surface area contributed by atoms with Crippen molar-refractivity contribution in [2.24, 2.45) is 5.84 Å². The first-order valence-electron chi connectivity index (χ1n) is 5.44. The second-order valence-corrected chi connectivity index (χ2v) is 7.14. The lowest BCUT2D eigenvalue weighted by Crippen LogP contribution is -2.15. The highest BCUT2D eigenvalue weighted by molar-refractivity contribution is 9.10. The largest absolute Gasteiger partial charge is 0.307 e. The normalized spacial score (nSPS) is 11.2. The summed E-state index contributed by atoms with van der Waals surface area (Å²) in [6.07, 6.45) is 1.14. The van der Waals surface area contributed by atoms with Crippen LogP contribution in [0.15, 0.2) is 39.8 Å². The molecule has 1 aromatic heterocycles. The molecule has 0 radical (unpaired) electrons. The van der Waals surface area contributed by atoms with Crippen LogP contribution in [0, 0.1) is 0 Å². The number of pyridine rings is 1. The number of hydrogen-bond donors (Lipinski definition) is 3. The van der Waals surface area contributed by atoms with Gasteiger partial charge in [-0.15, -0.1) is 0 Å². The minimum atomic E-state index is -3.85. The molecule has 0 bridgehead atoms. The van der Waals surface area contributed by atoms with E-state index in [0.29, 0.717) is 15.2 Å². The van der Waals surface area contributed by atoms with Gasteiger partial charge in [0.15, 0.2) is 5.82 Å². The Morgan fingerprint density at radius 2 is 1.95 bits per heavy atom. The smallest absolute Gasteiger partial charge is 0.263 e. The quantitative estimate of drug-likeness (QED) is 0.530. The third kappa shape index (κ3) is 3.58. The molecule has 0 unspecified atom stereocenters. The van der Waals surface area contributed by atoms with Gasteiger partial charge in [0.25, 0.3) is 10.0 Å². The Labute approximate surface area is 139 Å². The minimum Gasteiger partial charge on any atom is -0.307 e. The van der Waals surface area contributed by atoms with Crippen molar-refractivity contribution in [3.8, 4) is 0 Å². The van der Waals surface area contributed by atoms with Gasteiger partial charge in [-0.3, -0.25) is 4.72 Å². The van der Waals surface area contributed by atoms with Crippen LogP contribution in [0.4, 0.5) is 11.5 Å². The Kier molecular flexibility index (Phi) is 4.95. The summed E-state index contributed by atoms with van der Waals surface area (Å²) in [5.74, 6) is 5.37. The van der Waals surface area contributed by atoms with Crippen LogP contribution in [0.1, 0.15) is 0 Å². The molecule has 0 fully saturated rings. The number of rotatable bonds is 4. The Hall–Kier alpha value is -1.06. The van der Waals surface area contributed by atoms with Gasteiger partial charge in [0.2, 0.25) is 0 Å². The van der Waals surface area contributed by atoms with Crippen LogP contribution in [0.2, 0.25) is 10.0 Å². The van der Waals surface area contributed by atoms with Crippen LogP contribution in [0.3, 0.4) is 0 Å². The van der Waals surface area contributed by atoms with Crippen molar-refractivity contribution in [1.82, 2.24) is 4.98 Å². The predicted molar refractivity (Wildman–Crippen MR) is 87.0 cm³/mol. The molecule has 0 amide bonds. The molecule has 4 N–H and O–H groups in total. The molecule has 2 rings (SSSR count). The number of halogens is 3. The summed E-state index contributed by atoms with van der Waals surface area (Å²) in [6.45, 7) is 0. The third-order valence-electron chi connectivity index (χ3n) is 2.46. The van der Waals surface area contributed by atoms with E-state index in [-0.39, 0.29) is 15.7 Å². The van der Waals surface area contributed by atoms with E-state index in [4.69, 9.17) is 29.0 Å². The number of hydrogen-bond acceptors (Lipinski definition) is 5. The van der Waals surface area contributed by atoms with Crippen LogP contribution < -0.4 is 16.0 Å². The van der Waals surface area contributed by atoms with E-state index in [1.165, 1.54) is 6.07 Å². The summed E-state index contributed by atoms with van der Waals surface area (Å²) in [4.78, 5) is 3.72. The van der Waals surface area contributed by atoms with Crippen LogP contribution >= 0.6 is 39.1 Å². The van der Waals surface area contributed by atoms with Crippen LogP contribution in [0.25, 0.3) is 0 Å². The van der Waals surface area contributed by atoms with Crippen LogP contribution in [-0.4, -0.2) is 13.4 Å². The Bertz CT molecular complexity index is 786. The zero-order valence-electron chi connectivity index (χ0n) is 10.3. The van der Waals surface area contributed by atoms with Gasteiger partial charge in [0.1, 0.15) is 4.90 Å². The van der Waals surface area contributed by atoms with E-state index in [2.05, 4.69) is 31.1 Å². The molecule has 0 aliphatic rings. The maximum absolute atomic E-state index is 12.3. The number of anilines is 2. The van der Waals surface area contributed by atoms with E-state index in [1.54, 1.807) is 18.2 Å². The monoisotopic (exact) mass is 410 g/mol. The second-order valence-electron chi connectivity index (χ2n) is 3.85. The lowest BCUT2D eigenvalue weighted by molar-refractivity contribution is 0.601. The van der Waals surface area contributed by atoms with Crippen LogP contribution in [-0.2, 0) is 10.0 Å². The highest BCUT2D eigenvalue weighted by atomic mass is 79.9. The molecule has 10 heteroatoms. The molecule has 0 atom stereocenters. The summed E-state index contributed by atoms with van der Waals surface area (Å²) in [5, 5.41) is 0.472. The maximum atomic E-state index is 12.3. The molecular formula is C11H9BrCl2N4O2S. The average Bonchev–Trinajstić information content (AvgIpc) is 2.43. The summed E-state index contributed by atoms with van der Waals surface area (Å²) < 4.78 is 27.4. The Balaban J connectivity index is 2.39. The van der Waals surface area contributed by atoms with E-state index in [9.17, 15) is 8.42 Å². The summed E-state index contributed by atoms with van der Waals surface area (Å²) >= 11 is 15.0. The summed E-state index contributed by atoms with van der Waals surface area (Å²) in [7, 11) is -3.85. The highest BCUT2D eigenvalue weighted by Crippen LogP contribution is 2.32. The van der Waals surface area contributed by atoms with E-state index in [1.807, 2.05) is 0 Å². The Morgan fingerprint density at radius 3 is 2.57 bits per heavy atom. The number of nitrogens with one attached hydrogen (secondary N) is 2. The number of hydrazine groups is 1. The average molecular weight is 412 g/mol. The Morgan fingerprint density at radius 1 is 1.24 bits per heavy atom. The molecule has 1 heterocycles. The fourth-order valence-corrected chi connectivity index (χ4v) is 3.46. The highest BCUT2D eigenvalue weighted by Gasteiger charge is 2.18. The number of nitrogens with two attached hydrogens (primary N) is 1. The molecule has 21 heavy (non-hydrogen) atoms. The predicted octanol–water partition coefficient (Wildman–Crippen LogP) is 3.24. The number of benzene rings is 1. The SMILES string of the molecule is NNc1ncc(S(=O)(=O)Nc2cccc(Cl)c2Br)cc1Cl. The van der Waals surface area contributed by atoms with Gasteiger partial charge in [-0.1, -0.05) is 29.3 Å². The molecule has 6 nitrogen and oxygen atoms in total. The lowest BCUT2D eigenvalue weighted by Gasteiger charge is -2.11. The number of sulfonamides is 1. The molecule has 0 spiro atoms. The van der Waals surface area contributed by atoms with Gasteiger partial charge in [0, 0.05) is 6.20 Å². The van der Waals surface area contributed by atoms with E-state index < -0.39 is 10.0 Å². The van der Waals surface area contributed by atoms with Crippen molar-refractivity contribution in [3.63, 3.8) is 0 Å². The topological polar surface area (TPSA) is 97.1 Å². The number of nitrogens with zero attached hydrogens (tertiary/aromatic N) is 1. The third-order valence-corrected chi connectivity index (χ3v) is 5.48. The second kappa shape index (κ2) is 6.37. The molecule has 2 aromatic rings. The van der Waals surface area contributed by atoms with Crippen molar-refractivity contribution in [1.29, 1.82) is 0 Å². The fourth-order valence-electron chi connectivity index (χ4n) is 1.46. The zero-order chi connectivity index (χ0) is 15.6. The first-order chi connectivity index (χ1) is 9.85. The van der Waals surface area contributed by atoms with Crippen molar-refractivity contribution >= 4 is 60.7 Å². The number of aromatic nitrogens is 1. The molecule has 0 aliphatic carbocycles. The van der Waals surface area contributed by atoms with Gasteiger partial charge in [-0.25, -0.2) is 19.2 Å². The first-order valence-corrected chi connectivity index (χ1v) is 8.47. The molecule has 0 aliphatic heterocycles. The van der Waals surface area contributed by atoms with Crippen molar-refractivity contribution in [2.45, 2.75) is 4.90 Å². The molecule has 1 aromatic carbocycles.